The minimum atomic E-state index is -0.0273. The Labute approximate surface area is 107 Å². The molecule has 1 unspecified atom stereocenters. The zero-order valence-corrected chi connectivity index (χ0v) is 10.7. The van der Waals surface area contributed by atoms with E-state index in [-0.39, 0.29) is 6.04 Å². The summed E-state index contributed by atoms with van der Waals surface area (Å²) in [6.07, 6.45) is 0.993. The third-order valence-corrected chi connectivity index (χ3v) is 2.39. The van der Waals surface area contributed by atoms with Gasteiger partial charge in [-0.25, -0.2) is 0 Å². The Kier molecular flexibility index (Phi) is 6.96. The van der Waals surface area contributed by atoms with Crippen molar-refractivity contribution < 1.29 is 9.47 Å². The van der Waals surface area contributed by atoms with Crippen LogP contribution in [0.15, 0.2) is 24.3 Å². The smallest absolute Gasteiger partial charge is 0.120 e. The number of benzene rings is 1. The summed E-state index contributed by atoms with van der Waals surface area (Å²) in [6.45, 7) is 3.77. The van der Waals surface area contributed by atoms with Gasteiger partial charge in [-0.05, 0) is 24.6 Å². The van der Waals surface area contributed by atoms with E-state index >= 15 is 0 Å². The van der Waals surface area contributed by atoms with Crippen molar-refractivity contribution in [2.45, 2.75) is 19.4 Å². The van der Waals surface area contributed by atoms with Crippen LogP contribution in [0.1, 0.15) is 13.3 Å². The van der Waals surface area contributed by atoms with Crippen LogP contribution >= 0.6 is 11.6 Å². The summed E-state index contributed by atoms with van der Waals surface area (Å²) in [5.74, 6) is 6.14. The molecule has 17 heavy (non-hydrogen) atoms. The highest BCUT2D eigenvalue weighted by Crippen LogP contribution is 2.17. The average Bonchev–Trinajstić information content (AvgIpc) is 2.34. The van der Waals surface area contributed by atoms with Crippen molar-refractivity contribution in [1.29, 1.82) is 0 Å². The molecule has 0 heterocycles. The van der Waals surface area contributed by atoms with Crippen LogP contribution in [0.5, 0.6) is 5.75 Å². The summed E-state index contributed by atoms with van der Waals surface area (Å²) in [6, 6.07) is 7.24. The monoisotopic (exact) mass is 258 g/mol. The van der Waals surface area contributed by atoms with Gasteiger partial charge in [-0.3, -0.25) is 11.3 Å². The molecule has 4 nitrogen and oxygen atoms in total. The molecule has 1 aromatic rings. The summed E-state index contributed by atoms with van der Waals surface area (Å²) in [5.41, 5.74) is 2.66. The van der Waals surface area contributed by atoms with Gasteiger partial charge in [-0.15, -0.1) is 0 Å². The summed E-state index contributed by atoms with van der Waals surface area (Å²) < 4.78 is 11.0. The molecular formula is C12H19ClN2O2. The summed E-state index contributed by atoms with van der Waals surface area (Å²) >= 11 is 5.85. The maximum absolute atomic E-state index is 5.85. The first-order valence-electron chi connectivity index (χ1n) is 5.68. The molecular weight excluding hydrogens is 240 g/mol. The van der Waals surface area contributed by atoms with E-state index in [1.165, 1.54) is 0 Å². The lowest BCUT2D eigenvalue weighted by atomic mass is 10.3. The lowest BCUT2D eigenvalue weighted by Gasteiger charge is -2.16. The highest BCUT2D eigenvalue weighted by molar-refractivity contribution is 6.30. The molecule has 0 saturated heterocycles. The lowest BCUT2D eigenvalue weighted by molar-refractivity contribution is 0.0938. The van der Waals surface area contributed by atoms with E-state index in [4.69, 9.17) is 26.9 Å². The van der Waals surface area contributed by atoms with Crippen LogP contribution in [0.3, 0.4) is 0 Å². The van der Waals surface area contributed by atoms with Gasteiger partial charge in [0.2, 0.25) is 0 Å². The van der Waals surface area contributed by atoms with E-state index in [1.807, 2.05) is 12.1 Å². The maximum atomic E-state index is 5.85. The summed E-state index contributed by atoms with van der Waals surface area (Å²) in [5, 5.41) is 0.655. The fourth-order valence-corrected chi connectivity index (χ4v) is 1.45. The van der Waals surface area contributed by atoms with E-state index < -0.39 is 0 Å². The second-order valence-electron chi connectivity index (χ2n) is 3.71. The Bertz CT molecular complexity index is 323. The summed E-state index contributed by atoms with van der Waals surface area (Å²) in [7, 11) is 0. The van der Waals surface area contributed by atoms with E-state index in [9.17, 15) is 0 Å². The van der Waals surface area contributed by atoms with Crippen LogP contribution in [0.4, 0.5) is 0 Å². The first-order valence-corrected chi connectivity index (χ1v) is 6.06. The van der Waals surface area contributed by atoms with Crippen molar-refractivity contribution in [1.82, 2.24) is 5.43 Å². The van der Waals surface area contributed by atoms with Gasteiger partial charge < -0.3 is 9.47 Å². The maximum Gasteiger partial charge on any atom is 0.120 e. The van der Waals surface area contributed by atoms with Crippen LogP contribution in [0.25, 0.3) is 0 Å². The summed E-state index contributed by atoms with van der Waals surface area (Å²) in [4.78, 5) is 0. The van der Waals surface area contributed by atoms with Gasteiger partial charge in [0.15, 0.2) is 0 Å². The molecule has 0 aliphatic heterocycles. The molecule has 0 bridgehead atoms. The first kappa shape index (κ1) is 14.3. The highest BCUT2D eigenvalue weighted by Gasteiger charge is 2.07. The Morgan fingerprint density at radius 1 is 1.41 bits per heavy atom. The third-order valence-electron chi connectivity index (χ3n) is 2.15. The third kappa shape index (κ3) is 5.89. The van der Waals surface area contributed by atoms with Gasteiger partial charge >= 0.3 is 0 Å². The van der Waals surface area contributed by atoms with Crippen LogP contribution in [0, 0.1) is 0 Å². The van der Waals surface area contributed by atoms with Gasteiger partial charge in [0.1, 0.15) is 12.4 Å². The first-order chi connectivity index (χ1) is 8.26. The number of halogens is 1. The molecule has 0 aromatic heterocycles. The SMILES string of the molecule is CCCOCC(COc1cccc(Cl)c1)NN. The fourth-order valence-electron chi connectivity index (χ4n) is 1.27. The Hall–Kier alpha value is -0.810. The van der Waals surface area contributed by atoms with Crippen LogP contribution in [-0.2, 0) is 4.74 Å². The zero-order chi connectivity index (χ0) is 12.5. The van der Waals surface area contributed by atoms with Gasteiger partial charge in [0.05, 0.1) is 12.6 Å². The molecule has 96 valence electrons. The normalized spacial score (nSPS) is 12.4. The second kappa shape index (κ2) is 8.31. The molecule has 0 fully saturated rings. The van der Waals surface area contributed by atoms with E-state index in [1.54, 1.807) is 12.1 Å². The van der Waals surface area contributed by atoms with Crippen molar-refractivity contribution in [3.05, 3.63) is 29.3 Å². The molecule has 0 spiro atoms. The number of hydrogen-bond acceptors (Lipinski definition) is 4. The average molecular weight is 259 g/mol. The van der Waals surface area contributed by atoms with Crippen molar-refractivity contribution in [2.75, 3.05) is 19.8 Å². The molecule has 5 heteroatoms. The van der Waals surface area contributed by atoms with Crippen molar-refractivity contribution in [3.63, 3.8) is 0 Å². The number of hydrogen-bond donors (Lipinski definition) is 2. The van der Waals surface area contributed by atoms with Crippen LogP contribution in [-0.4, -0.2) is 25.9 Å². The standard InChI is InChI=1S/C12H19ClN2O2/c1-2-6-16-8-11(15-14)9-17-12-5-3-4-10(13)7-12/h3-5,7,11,15H,2,6,8-9,14H2,1H3. The van der Waals surface area contributed by atoms with Crippen LogP contribution < -0.4 is 16.0 Å². The molecule has 0 saturated carbocycles. The predicted molar refractivity (Wildman–Crippen MR) is 69.2 cm³/mol. The number of nitrogens with one attached hydrogen (secondary N) is 1. The fraction of sp³-hybridized carbons (Fsp3) is 0.500. The molecule has 0 amide bonds. The van der Waals surface area contributed by atoms with Crippen molar-refractivity contribution in [2.24, 2.45) is 5.84 Å². The Balaban J connectivity index is 2.31. The molecule has 1 rings (SSSR count). The largest absolute Gasteiger partial charge is 0.492 e. The topological polar surface area (TPSA) is 56.5 Å². The Morgan fingerprint density at radius 2 is 2.24 bits per heavy atom. The number of hydrazine groups is 1. The van der Waals surface area contributed by atoms with E-state index in [0.29, 0.717) is 18.2 Å². The predicted octanol–water partition coefficient (Wildman–Crippen LogP) is 1.98. The zero-order valence-electron chi connectivity index (χ0n) is 9.99. The molecule has 0 aliphatic rings. The minimum Gasteiger partial charge on any atom is -0.492 e. The van der Waals surface area contributed by atoms with Gasteiger partial charge in [0.25, 0.3) is 0 Å². The van der Waals surface area contributed by atoms with Gasteiger partial charge in [0, 0.05) is 11.6 Å². The molecule has 0 radical (unpaired) electrons. The van der Waals surface area contributed by atoms with Gasteiger partial charge in [-0.2, -0.15) is 0 Å². The van der Waals surface area contributed by atoms with Crippen LogP contribution in [0.2, 0.25) is 5.02 Å². The van der Waals surface area contributed by atoms with E-state index in [0.717, 1.165) is 18.8 Å². The molecule has 0 aliphatic carbocycles. The minimum absolute atomic E-state index is 0.0273. The molecule has 3 N–H and O–H groups in total. The van der Waals surface area contributed by atoms with Gasteiger partial charge in [-0.1, -0.05) is 24.6 Å². The number of nitrogens with two attached hydrogens (primary N) is 1. The van der Waals surface area contributed by atoms with E-state index in [2.05, 4.69) is 12.3 Å². The number of ether oxygens (including phenoxy) is 2. The highest BCUT2D eigenvalue weighted by atomic mass is 35.5. The van der Waals surface area contributed by atoms with Crippen molar-refractivity contribution in [3.8, 4) is 5.75 Å². The molecule has 1 aromatic carbocycles. The Morgan fingerprint density at radius 3 is 2.88 bits per heavy atom. The lowest BCUT2D eigenvalue weighted by Crippen LogP contribution is -2.43. The van der Waals surface area contributed by atoms with Crippen molar-refractivity contribution >= 4 is 11.6 Å². The number of rotatable bonds is 8. The second-order valence-corrected chi connectivity index (χ2v) is 4.14. The quantitative estimate of drug-likeness (QED) is 0.425. The molecule has 1 atom stereocenters.